The maximum Gasteiger partial charge on any atom is 0.294 e. The molecule has 2 unspecified atom stereocenters. The van der Waals surface area contributed by atoms with E-state index in [1.165, 1.54) is 13.8 Å². The SMILES string of the molecule is CC1C(N)=C([N+](=O)[O-])C=C([N+](=O)[O-])C1(C)N. The molecule has 8 heteroatoms. The van der Waals surface area contributed by atoms with Gasteiger partial charge in [0.1, 0.15) is 5.54 Å². The van der Waals surface area contributed by atoms with E-state index in [0.29, 0.717) is 0 Å². The van der Waals surface area contributed by atoms with Gasteiger partial charge in [-0.25, -0.2) is 0 Å². The molecular formula is C8H12N4O4. The van der Waals surface area contributed by atoms with E-state index in [1.54, 1.807) is 0 Å². The molecule has 0 aromatic rings. The van der Waals surface area contributed by atoms with Crippen LogP contribution in [0.2, 0.25) is 0 Å². The van der Waals surface area contributed by atoms with Crippen LogP contribution in [-0.4, -0.2) is 15.4 Å². The van der Waals surface area contributed by atoms with Gasteiger partial charge >= 0.3 is 0 Å². The lowest BCUT2D eigenvalue weighted by molar-refractivity contribution is -0.445. The van der Waals surface area contributed by atoms with Crippen molar-refractivity contribution in [3.63, 3.8) is 0 Å². The molecule has 8 nitrogen and oxygen atoms in total. The highest BCUT2D eigenvalue weighted by molar-refractivity contribution is 5.34. The number of nitro groups is 2. The summed E-state index contributed by atoms with van der Waals surface area (Å²) < 4.78 is 0. The first-order valence-corrected chi connectivity index (χ1v) is 4.49. The van der Waals surface area contributed by atoms with E-state index < -0.39 is 32.7 Å². The van der Waals surface area contributed by atoms with Crippen molar-refractivity contribution in [1.29, 1.82) is 0 Å². The minimum absolute atomic E-state index is 0.0411. The van der Waals surface area contributed by atoms with Gasteiger partial charge < -0.3 is 11.5 Å². The van der Waals surface area contributed by atoms with Crippen molar-refractivity contribution in [3.8, 4) is 0 Å². The molecule has 2 atom stereocenters. The zero-order valence-electron chi connectivity index (χ0n) is 8.84. The van der Waals surface area contributed by atoms with Crippen LogP contribution < -0.4 is 11.5 Å². The Morgan fingerprint density at radius 2 is 1.88 bits per heavy atom. The highest BCUT2D eigenvalue weighted by Gasteiger charge is 2.47. The predicted octanol–water partition coefficient (Wildman–Crippen LogP) is -0.0389. The fraction of sp³-hybridized carbons (Fsp3) is 0.500. The van der Waals surface area contributed by atoms with E-state index in [0.717, 1.165) is 6.08 Å². The van der Waals surface area contributed by atoms with Gasteiger partial charge in [0.05, 0.1) is 21.6 Å². The lowest BCUT2D eigenvalue weighted by Gasteiger charge is -2.30. The molecule has 88 valence electrons. The smallest absolute Gasteiger partial charge is 0.294 e. The van der Waals surface area contributed by atoms with E-state index in [2.05, 4.69) is 0 Å². The van der Waals surface area contributed by atoms with Gasteiger partial charge in [0.15, 0.2) is 0 Å². The third kappa shape index (κ3) is 1.63. The highest BCUT2D eigenvalue weighted by Crippen LogP contribution is 2.34. The van der Waals surface area contributed by atoms with Gasteiger partial charge in [-0.05, 0) is 6.92 Å². The molecule has 0 heterocycles. The van der Waals surface area contributed by atoms with Gasteiger partial charge in [0.25, 0.3) is 11.4 Å². The first kappa shape index (κ1) is 12.1. The Morgan fingerprint density at radius 3 is 2.25 bits per heavy atom. The maximum absolute atomic E-state index is 10.8. The minimum Gasteiger partial charge on any atom is -0.396 e. The number of hydrogen-bond donors (Lipinski definition) is 2. The second kappa shape index (κ2) is 3.56. The monoisotopic (exact) mass is 228 g/mol. The molecule has 1 aliphatic carbocycles. The Bertz CT molecular complexity index is 424. The minimum atomic E-state index is -1.31. The van der Waals surface area contributed by atoms with Crippen LogP contribution >= 0.6 is 0 Å². The summed E-state index contributed by atoms with van der Waals surface area (Å²) in [5.74, 6) is -0.668. The summed E-state index contributed by atoms with van der Waals surface area (Å²) in [4.78, 5) is 19.9. The third-order valence-electron chi connectivity index (χ3n) is 2.88. The van der Waals surface area contributed by atoms with Crippen LogP contribution in [0.1, 0.15) is 13.8 Å². The first-order valence-electron chi connectivity index (χ1n) is 4.49. The molecule has 0 aliphatic heterocycles. The molecule has 1 rings (SSSR count). The molecule has 0 spiro atoms. The summed E-state index contributed by atoms with van der Waals surface area (Å²) in [7, 11) is 0. The van der Waals surface area contributed by atoms with Gasteiger partial charge in [-0.1, -0.05) is 6.92 Å². The average Bonchev–Trinajstić information content (AvgIpc) is 2.13. The van der Waals surface area contributed by atoms with Crippen LogP contribution in [0.25, 0.3) is 0 Å². The van der Waals surface area contributed by atoms with Gasteiger partial charge in [0, 0.05) is 5.92 Å². The highest BCUT2D eigenvalue weighted by atomic mass is 16.6. The van der Waals surface area contributed by atoms with Crippen LogP contribution in [0, 0.1) is 26.1 Å². The van der Waals surface area contributed by atoms with Crippen LogP contribution in [0.3, 0.4) is 0 Å². The summed E-state index contributed by atoms with van der Waals surface area (Å²) in [6.45, 7) is 2.95. The third-order valence-corrected chi connectivity index (χ3v) is 2.88. The normalized spacial score (nSPS) is 29.9. The molecule has 0 aromatic carbocycles. The second-order valence-electron chi connectivity index (χ2n) is 3.89. The fourth-order valence-electron chi connectivity index (χ4n) is 1.54. The molecule has 0 bridgehead atoms. The lowest BCUT2D eigenvalue weighted by Crippen LogP contribution is -2.51. The topological polar surface area (TPSA) is 138 Å². The predicted molar refractivity (Wildman–Crippen MR) is 55.0 cm³/mol. The second-order valence-corrected chi connectivity index (χ2v) is 3.89. The molecule has 16 heavy (non-hydrogen) atoms. The Balaban J connectivity index is 3.42. The van der Waals surface area contributed by atoms with E-state index in [-0.39, 0.29) is 5.70 Å². The van der Waals surface area contributed by atoms with Gasteiger partial charge in [-0.2, -0.15) is 0 Å². The summed E-state index contributed by atoms with van der Waals surface area (Å²) >= 11 is 0. The Kier molecular flexibility index (Phi) is 2.70. The quantitative estimate of drug-likeness (QED) is 0.502. The van der Waals surface area contributed by atoms with Gasteiger partial charge in [-0.15, -0.1) is 0 Å². The number of nitrogens with zero attached hydrogens (tertiary/aromatic N) is 2. The maximum atomic E-state index is 10.8. The Labute approximate surface area is 90.9 Å². The zero-order valence-corrected chi connectivity index (χ0v) is 8.84. The van der Waals surface area contributed by atoms with Crippen LogP contribution in [0.15, 0.2) is 23.2 Å². The standard InChI is InChI=1S/C8H12N4O4/c1-4-7(9)5(11(13)14)3-6(12(15)16)8(4,2)10/h3-4H,9-10H2,1-2H3. The Morgan fingerprint density at radius 1 is 1.38 bits per heavy atom. The number of nitrogens with two attached hydrogens (primary N) is 2. The molecule has 0 saturated heterocycles. The van der Waals surface area contributed by atoms with Crippen molar-refractivity contribution in [1.82, 2.24) is 0 Å². The summed E-state index contributed by atoms with van der Waals surface area (Å²) in [5, 5.41) is 21.4. The summed E-state index contributed by atoms with van der Waals surface area (Å²) in [6, 6.07) is 0. The van der Waals surface area contributed by atoms with E-state index in [1.807, 2.05) is 0 Å². The average molecular weight is 228 g/mol. The van der Waals surface area contributed by atoms with Crippen molar-refractivity contribution in [3.05, 3.63) is 43.4 Å². The largest absolute Gasteiger partial charge is 0.396 e. The number of rotatable bonds is 2. The van der Waals surface area contributed by atoms with Gasteiger partial charge in [0.2, 0.25) is 0 Å². The number of allylic oxidation sites excluding steroid dienone is 1. The fourth-order valence-corrected chi connectivity index (χ4v) is 1.54. The van der Waals surface area contributed by atoms with Crippen molar-refractivity contribution in [2.45, 2.75) is 19.4 Å². The van der Waals surface area contributed by atoms with Gasteiger partial charge in [-0.3, -0.25) is 20.2 Å². The Hall–Kier alpha value is -1.96. The van der Waals surface area contributed by atoms with Crippen molar-refractivity contribution >= 4 is 0 Å². The van der Waals surface area contributed by atoms with E-state index in [9.17, 15) is 20.2 Å². The molecular weight excluding hydrogens is 216 g/mol. The molecule has 0 amide bonds. The summed E-state index contributed by atoms with van der Waals surface area (Å²) in [6.07, 6.45) is 0.829. The lowest BCUT2D eigenvalue weighted by atomic mass is 9.78. The van der Waals surface area contributed by atoms with Crippen LogP contribution in [0.5, 0.6) is 0 Å². The van der Waals surface area contributed by atoms with Crippen molar-refractivity contribution in [2.75, 3.05) is 0 Å². The van der Waals surface area contributed by atoms with Crippen molar-refractivity contribution < 1.29 is 9.85 Å². The summed E-state index contributed by atoms with van der Waals surface area (Å²) in [5.41, 5.74) is 9.11. The molecule has 0 saturated carbocycles. The molecule has 1 aliphatic rings. The molecule has 0 radical (unpaired) electrons. The van der Waals surface area contributed by atoms with E-state index >= 15 is 0 Å². The number of hydrogen-bond acceptors (Lipinski definition) is 6. The van der Waals surface area contributed by atoms with Crippen LogP contribution in [-0.2, 0) is 0 Å². The van der Waals surface area contributed by atoms with Crippen molar-refractivity contribution in [2.24, 2.45) is 17.4 Å². The van der Waals surface area contributed by atoms with E-state index in [4.69, 9.17) is 11.5 Å². The van der Waals surface area contributed by atoms with Crippen LogP contribution in [0.4, 0.5) is 0 Å². The molecule has 4 N–H and O–H groups in total. The molecule has 0 aromatic heterocycles. The molecule has 0 fully saturated rings. The first-order chi connectivity index (χ1) is 7.19. The zero-order chi connectivity index (χ0) is 12.7.